The molecule has 4 aromatic carbocycles. The zero-order valence-electron chi connectivity index (χ0n) is 35.2. The fourth-order valence-electron chi connectivity index (χ4n) is 7.58. The maximum absolute atomic E-state index is 11.8. The number of carbonyl (C=O) groups excluding carboxylic acids is 1. The van der Waals surface area contributed by atoms with Gasteiger partial charge in [0.1, 0.15) is 32.5 Å². The number of quaternary nitrogens is 1. The molecule has 1 N–H and O–H groups in total. The van der Waals surface area contributed by atoms with E-state index < -0.39 is 5.41 Å². The first kappa shape index (κ1) is 44.9. The van der Waals surface area contributed by atoms with Crippen molar-refractivity contribution in [1.29, 1.82) is 0 Å². The average molecular weight is 801 g/mol. The van der Waals surface area contributed by atoms with E-state index in [1.165, 1.54) is 33.4 Å². The number of fused-ring (bicyclic) bond motifs is 3. The lowest BCUT2D eigenvalue weighted by molar-refractivity contribution is -1.08. The monoisotopic (exact) mass is 800 g/mol. The van der Waals surface area contributed by atoms with Gasteiger partial charge in [0.25, 0.3) is 0 Å². The van der Waals surface area contributed by atoms with Crippen LogP contribution in [-0.4, -0.2) is 116 Å². The molecule has 0 fully saturated rings. The van der Waals surface area contributed by atoms with Crippen molar-refractivity contribution < 1.29 is 52.5 Å². The third-order valence-electron chi connectivity index (χ3n) is 10.7. The highest BCUT2D eigenvalue weighted by Gasteiger charge is 2.47. The molecule has 0 spiro atoms. The van der Waals surface area contributed by atoms with Crippen LogP contribution in [-0.2, 0) is 56.6 Å². The lowest BCUT2D eigenvalue weighted by atomic mass is 9.66. The highest BCUT2D eigenvalue weighted by atomic mass is 16.7. The standard InChI is InChI=1S/C47H62NO10/c1-7-48(5,58-34-50)32-39-31-41(11-10-38(39)33-56-25-24-54-21-20-52-17-16-49)47(44-28-35(2)8-13-42(44)43-14-9-36(3)29-45(43)47)40-12-15-46(37(4)30-40)57-27-26-55-23-22-53-19-18-51-6/h8-15,28-31,34,49H,7,16-27,32-33H2,1-6H3/q+1. The first-order valence-corrected chi connectivity index (χ1v) is 20.2. The van der Waals surface area contributed by atoms with E-state index in [1.807, 2.05) is 14.0 Å². The van der Waals surface area contributed by atoms with Crippen LogP contribution in [0.1, 0.15) is 57.0 Å². The quantitative estimate of drug-likeness (QED) is 0.0269. The van der Waals surface area contributed by atoms with Crippen molar-refractivity contribution in [2.45, 2.75) is 46.3 Å². The van der Waals surface area contributed by atoms with Crippen LogP contribution < -0.4 is 4.74 Å². The summed E-state index contributed by atoms with van der Waals surface area (Å²) >= 11 is 0. The van der Waals surface area contributed by atoms with Gasteiger partial charge in [0.2, 0.25) is 0 Å². The Balaban J connectivity index is 1.52. The summed E-state index contributed by atoms with van der Waals surface area (Å²) in [5, 5.41) is 8.91. The Morgan fingerprint density at radius 3 is 1.76 bits per heavy atom. The molecular weight excluding hydrogens is 739 g/mol. The molecule has 1 aliphatic rings. The summed E-state index contributed by atoms with van der Waals surface area (Å²) in [4.78, 5) is 17.4. The van der Waals surface area contributed by atoms with Gasteiger partial charge in [-0.2, -0.15) is 0 Å². The van der Waals surface area contributed by atoms with Crippen LogP contribution in [0.4, 0.5) is 0 Å². The van der Waals surface area contributed by atoms with Crippen LogP contribution in [0, 0.1) is 20.8 Å². The van der Waals surface area contributed by atoms with Gasteiger partial charge in [-0.3, -0.25) is 4.84 Å². The smallest absolute Gasteiger partial charge is 0.355 e. The number of benzene rings is 4. The molecule has 11 heteroatoms. The number of carbonyl (C=O) groups is 1. The Labute approximate surface area is 344 Å². The maximum Gasteiger partial charge on any atom is 0.355 e. The van der Waals surface area contributed by atoms with Crippen molar-refractivity contribution in [2.24, 2.45) is 0 Å². The molecule has 4 aromatic rings. The Bertz CT molecular complexity index is 1860. The number of methoxy groups -OCH3 is 1. The summed E-state index contributed by atoms with van der Waals surface area (Å²) in [6, 6.07) is 26.7. The summed E-state index contributed by atoms with van der Waals surface area (Å²) in [5.74, 6) is 0.808. The third-order valence-corrected chi connectivity index (χ3v) is 10.7. The van der Waals surface area contributed by atoms with Crippen molar-refractivity contribution in [2.75, 3.05) is 100.0 Å². The first-order chi connectivity index (χ1) is 28.2. The summed E-state index contributed by atoms with van der Waals surface area (Å²) in [6.45, 7) is 15.2. The fourth-order valence-corrected chi connectivity index (χ4v) is 7.58. The van der Waals surface area contributed by atoms with Gasteiger partial charge in [0.15, 0.2) is 0 Å². The second-order valence-corrected chi connectivity index (χ2v) is 14.9. The molecule has 1 aliphatic carbocycles. The second-order valence-electron chi connectivity index (χ2n) is 14.9. The Morgan fingerprint density at radius 2 is 1.19 bits per heavy atom. The third kappa shape index (κ3) is 11.1. The van der Waals surface area contributed by atoms with Gasteiger partial charge in [-0.05, 0) is 84.3 Å². The molecule has 0 aliphatic heterocycles. The van der Waals surface area contributed by atoms with E-state index in [9.17, 15) is 4.79 Å². The van der Waals surface area contributed by atoms with Crippen molar-refractivity contribution in [1.82, 2.24) is 0 Å². The molecule has 1 atom stereocenters. The molecule has 58 heavy (non-hydrogen) atoms. The number of aryl methyl sites for hydroxylation is 3. The van der Waals surface area contributed by atoms with E-state index in [0.29, 0.717) is 98.8 Å². The molecule has 0 saturated heterocycles. The zero-order valence-corrected chi connectivity index (χ0v) is 35.2. The lowest BCUT2D eigenvalue weighted by Crippen LogP contribution is -2.43. The summed E-state index contributed by atoms with van der Waals surface area (Å²) in [6.07, 6.45) is 0. The van der Waals surface area contributed by atoms with E-state index in [-0.39, 0.29) is 11.3 Å². The maximum atomic E-state index is 11.8. The Hall–Kier alpha value is -4.17. The molecule has 11 nitrogen and oxygen atoms in total. The van der Waals surface area contributed by atoms with Crippen LogP contribution in [0.3, 0.4) is 0 Å². The normalized spacial score (nSPS) is 13.8. The molecule has 0 amide bonds. The molecule has 0 aromatic heterocycles. The number of hydrogen-bond acceptors (Lipinski definition) is 10. The summed E-state index contributed by atoms with van der Waals surface area (Å²) < 4.78 is 39.7. The molecule has 0 bridgehead atoms. The van der Waals surface area contributed by atoms with Crippen molar-refractivity contribution >= 4 is 6.47 Å². The van der Waals surface area contributed by atoms with Gasteiger partial charge < -0.3 is 38.3 Å². The number of hydroxylamine groups is 3. The number of hydrogen-bond donors (Lipinski definition) is 1. The molecule has 5 rings (SSSR count). The van der Waals surface area contributed by atoms with E-state index in [0.717, 1.165) is 33.6 Å². The van der Waals surface area contributed by atoms with Crippen molar-refractivity contribution in [3.05, 3.63) is 123 Å². The van der Waals surface area contributed by atoms with Crippen molar-refractivity contribution in [3.63, 3.8) is 0 Å². The number of aliphatic hydroxyl groups excluding tert-OH is 1. The SMILES string of the molecule is CC[N+](C)(Cc1cc(C2(c3ccc(OCCOCCOCCOC)c(C)c3)c3cc(C)ccc3-c3ccc(C)cc32)ccc1COCCOCCOCCO)OC=O. The average Bonchev–Trinajstić information content (AvgIpc) is 3.49. The van der Waals surface area contributed by atoms with Gasteiger partial charge >= 0.3 is 6.47 Å². The van der Waals surface area contributed by atoms with Crippen LogP contribution >= 0.6 is 0 Å². The molecule has 314 valence electrons. The van der Waals surface area contributed by atoms with Gasteiger partial charge in [0.05, 0.1) is 84.7 Å². The van der Waals surface area contributed by atoms with Crippen LogP contribution in [0.5, 0.6) is 5.75 Å². The van der Waals surface area contributed by atoms with E-state index >= 15 is 0 Å². The van der Waals surface area contributed by atoms with Crippen LogP contribution in [0.25, 0.3) is 11.1 Å². The molecule has 0 saturated carbocycles. The Morgan fingerprint density at radius 1 is 0.638 bits per heavy atom. The largest absolute Gasteiger partial charge is 0.491 e. The minimum Gasteiger partial charge on any atom is -0.491 e. The van der Waals surface area contributed by atoms with Gasteiger partial charge in [-0.25, -0.2) is 4.79 Å². The van der Waals surface area contributed by atoms with Crippen LogP contribution in [0.2, 0.25) is 0 Å². The highest BCUT2D eigenvalue weighted by Crippen LogP contribution is 2.57. The Kier molecular flexibility index (Phi) is 17.2. The lowest BCUT2D eigenvalue weighted by Gasteiger charge is -2.36. The second kappa shape index (κ2) is 22.3. The first-order valence-electron chi connectivity index (χ1n) is 20.2. The number of rotatable bonds is 27. The molecule has 0 radical (unpaired) electrons. The van der Waals surface area contributed by atoms with Gasteiger partial charge in [-0.15, -0.1) is 4.65 Å². The van der Waals surface area contributed by atoms with E-state index in [4.69, 9.17) is 43.1 Å². The van der Waals surface area contributed by atoms with Gasteiger partial charge in [0, 0.05) is 12.7 Å². The zero-order chi connectivity index (χ0) is 41.4. The molecule has 0 heterocycles. The predicted molar refractivity (Wildman–Crippen MR) is 223 cm³/mol. The van der Waals surface area contributed by atoms with Gasteiger partial charge in [-0.1, -0.05) is 71.8 Å². The highest BCUT2D eigenvalue weighted by molar-refractivity contribution is 5.87. The topological polar surface area (TPSA) is 111 Å². The number of aliphatic hydroxyl groups is 1. The van der Waals surface area contributed by atoms with Crippen LogP contribution in [0.15, 0.2) is 72.8 Å². The minimum atomic E-state index is -0.668. The molecule has 1 unspecified atom stereocenters. The minimum absolute atomic E-state index is 0.0114. The number of nitrogens with zero attached hydrogens (tertiary/aromatic N) is 1. The molecular formula is C47H62NO10+. The fraction of sp³-hybridized carbons (Fsp3) is 0.468. The van der Waals surface area contributed by atoms with E-state index in [1.54, 1.807) is 7.11 Å². The number of ether oxygens (including phenoxy) is 7. The van der Waals surface area contributed by atoms with Crippen molar-refractivity contribution in [3.8, 4) is 16.9 Å². The summed E-state index contributed by atoms with van der Waals surface area (Å²) in [5.41, 5.74) is 11.8. The van der Waals surface area contributed by atoms with E-state index in [2.05, 4.69) is 93.6 Å². The predicted octanol–water partition coefficient (Wildman–Crippen LogP) is 6.63. The summed E-state index contributed by atoms with van der Waals surface area (Å²) in [7, 11) is 3.58.